The molecule has 0 aliphatic heterocycles. The van der Waals surface area contributed by atoms with Crippen LogP contribution >= 0.6 is 0 Å². The molecule has 148 valence electrons. The molecular formula is C20H22N2O6. The predicted octanol–water partition coefficient (Wildman–Crippen LogP) is 3.91. The van der Waals surface area contributed by atoms with Crippen molar-refractivity contribution in [2.24, 2.45) is 0 Å². The molecule has 0 bridgehead atoms. The summed E-state index contributed by atoms with van der Waals surface area (Å²) >= 11 is 0. The third kappa shape index (κ3) is 5.06. The molecule has 1 N–H and O–H groups in total. The van der Waals surface area contributed by atoms with E-state index in [9.17, 15) is 19.7 Å². The number of nitrogens with one attached hydrogen (secondary N) is 1. The van der Waals surface area contributed by atoms with Crippen molar-refractivity contribution in [3.05, 3.63) is 63.7 Å². The average molecular weight is 386 g/mol. The summed E-state index contributed by atoms with van der Waals surface area (Å²) in [6.45, 7) is 5.53. The number of nitrogens with zero attached hydrogens (tertiary/aromatic N) is 1. The van der Waals surface area contributed by atoms with Gasteiger partial charge in [-0.2, -0.15) is 0 Å². The van der Waals surface area contributed by atoms with Gasteiger partial charge in [0.05, 0.1) is 29.4 Å². The van der Waals surface area contributed by atoms with E-state index >= 15 is 0 Å². The van der Waals surface area contributed by atoms with E-state index in [0.717, 1.165) is 5.56 Å². The zero-order valence-corrected chi connectivity index (χ0v) is 16.1. The SMILES string of the molecule is COc1cc([N+](=O)[O-])ccc1NC(=O)[C@H](C)OC(=O)c1ccc(C(C)C)cc1. The Bertz CT molecular complexity index is 877. The molecule has 0 heterocycles. The van der Waals surface area contributed by atoms with E-state index < -0.39 is 22.9 Å². The van der Waals surface area contributed by atoms with E-state index in [0.29, 0.717) is 11.5 Å². The molecular weight excluding hydrogens is 364 g/mol. The topological polar surface area (TPSA) is 108 Å². The minimum absolute atomic E-state index is 0.130. The Morgan fingerprint density at radius 1 is 1.07 bits per heavy atom. The highest BCUT2D eigenvalue weighted by atomic mass is 16.6. The van der Waals surface area contributed by atoms with Crippen molar-refractivity contribution in [1.29, 1.82) is 0 Å². The van der Waals surface area contributed by atoms with Crippen molar-refractivity contribution in [2.75, 3.05) is 12.4 Å². The maximum Gasteiger partial charge on any atom is 0.338 e. The maximum absolute atomic E-state index is 12.3. The van der Waals surface area contributed by atoms with Crippen LogP contribution in [0.25, 0.3) is 0 Å². The number of carbonyl (C=O) groups excluding carboxylic acids is 2. The lowest BCUT2D eigenvalue weighted by molar-refractivity contribution is -0.384. The highest BCUT2D eigenvalue weighted by molar-refractivity contribution is 5.98. The molecule has 0 saturated heterocycles. The summed E-state index contributed by atoms with van der Waals surface area (Å²) in [6.07, 6.45) is -1.07. The van der Waals surface area contributed by atoms with Gasteiger partial charge in [-0.15, -0.1) is 0 Å². The number of non-ortho nitro benzene ring substituents is 1. The first-order valence-electron chi connectivity index (χ1n) is 8.67. The standard InChI is InChI=1S/C20H22N2O6/c1-12(2)14-5-7-15(8-6-14)20(24)28-13(3)19(23)21-17-10-9-16(22(25)26)11-18(17)27-4/h5-13H,1-4H3,(H,21,23)/t13-/m0/s1. The number of benzene rings is 2. The number of nitro benzene ring substituents is 1. The number of esters is 1. The molecule has 0 aliphatic rings. The van der Waals surface area contributed by atoms with Crippen molar-refractivity contribution >= 4 is 23.3 Å². The molecule has 8 nitrogen and oxygen atoms in total. The molecule has 0 saturated carbocycles. The van der Waals surface area contributed by atoms with Gasteiger partial charge in [0, 0.05) is 6.07 Å². The Labute approximate surface area is 162 Å². The largest absolute Gasteiger partial charge is 0.494 e. The highest BCUT2D eigenvalue weighted by Crippen LogP contribution is 2.29. The predicted molar refractivity (Wildman–Crippen MR) is 104 cm³/mol. The number of ether oxygens (including phenoxy) is 2. The van der Waals surface area contributed by atoms with Crippen molar-refractivity contribution in [3.8, 4) is 5.75 Å². The van der Waals surface area contributed by atoms with Crippen LogP contribution in [0.3, 0.4) is 0 Å². The number of carbonyl (C=O) groups is 2. The van der Waals surface area contributed by atoms with Gasteiger partial charge in [0.25, 0.3) is 11.6 Å². The van der Waals surface area contributed by atoms with Crippen molar-refractivity contribution in [3.63, 3.8) is 0 Å². The molecule has 2 aromatic rings. The Balaban J connectivity index is 2.04. The summed E-state index contributed by atoms with van der Waals surface area (Å²) in [7, 11) is 1.33. The number of nitro groups is 1. The fraction of sp³-hybridized carbons (Fsp3) is 0.300. The number of amides is 1. The summed E-state index contributed by atoms with van der Waals surface area (Å²) in [5, 5.41) is 13.4. The van der Waals surface area contributed by atoms with Crippen LogP contribution in [0, 0.1) is 10.1 Å². The van der Waals surface area contributed by atoms with Gasteiger partial charge >= 0.3 is 5.97 Å². The van der Waals surface area contributed by atoms with Gasteiger partial charge in [-0.05, 0) is 36.6 Å². The Kier molecular flexibility index (Phi) is 6.70. The molecule has 2 aromatic carbocycles. The summed E-state index contributed by atoms with van der Waals surface area (Å²) < 4.78 is 10.3. The lowest BCUT2D eigenvalue weighted by Crippen LogP contribution is -2.30. The number of rotatable bonds is 7. The monoisotopic (exact) mass is 386 g/mol. The summed E-state index contributed by atoms with van der Waals surface area (Å²) in [5.41, 5.74) is 1.51. The van der Waals surface area contributed by atoms with Crippen LogP contribution in [0.15, 0.2) is 42.5 Å². The molecule has 0 aliphatic carbocycles. The van der Waals surface area contributed by atoms with Crippen LogP contribution in [0.4, 0.5) is 11.4 Å². The lowest BCUT2D eigenvalue weighted by Gasteiger charge is -2.15. The minimum atomic E-state index is -1.07. The first-order valence-corrected chi connectivity index (χ1v) is 8.67. The van der Waals surface area contributed by atoms with E-state index in [1.54, 1.807) is 12.1 Å². The van der Waals surface area contributed by atoms with Gasteiger partial charge in [0.1, 0.15) is 5.75 Å². The number of methoxy groups -OCH3 is 1. The molecule has 28 heavy (non-hydrogen) atoms. The summed E-state index contributed by atoms with van der Waals surface area (Å²) in [5.74, 6) is -0.732. The van der Waals surface area contributed by atoms with Crippen molar-refractivity contribution in [2.45, 2.75) is 32.8 Å². The second kappa shape index (κ2) is 8.98. The average Bonchev–Trinajstić information content (AvgIpc) is 2.67. The molecule has 0 unspecified atom stereocenters. The minimum Gasteiger partial charge on any atom is -0.494 e. The van der Waals surface area contributed by atoms with E-state index in [2.05, 4.69) is 5.32 Å². The molecule has 8 heteroatoms. The number of hydrogen-bond acceptors (Lipinski definition) is 6. The van der Waals surface area contributed by atoms with Crippen LogP contribution < -0.4 is 10.1 Å². The van der Waals surface area contributed by atoms with Crippen molar-refractivity contribution in [1.82, 2.24) is 0 Å². The van der Waals surface area contributed by atoms with E-state index in [-0.39, 0.29) is 17.1 Å². The number of hydrogen-bond donors (Lipinski definition) is 1. The molecule has 1 atom stereocenters. The van der Waals surface area contributed by atoms with Crippen LogP contribution in [0.2, 0.25) is 0 Å². The summed E-state index contributed by atoms with van der Waals surface area (Å²) in [6, 6.07) is 10.8. The van der Waals surface area contributed by atoms with Gasteiger partial charge in [-0.1, -0.05) is 26.0 Å². The van der Waals surface area contributed by atoms with Crippen LogP contribution in [-0.2, 0) is 9.53 Å². The molecule has 1 amide bonds. The van der Waals surface area contributed by atoms with E-state index in [1.165, 1.54) is 32.2 Å². The Hall–Kier alpha value is -3.42. The molecule has 0 fully saturated rings. The lowest BCUT2D eigenvalue weighted by atomic mass is 10.0. The molecule has 0 aromatic heterocycles. The smallest absolute Gasteiger partial charge is 0.338 e. The zero-order chi connectivity index (χ0) is 20.8. The summed E-state index contributed by atoms with van der Waals surface area (Å²) in [4.78, 5) is 34.8. The highest BCUT2D eigenvalue weighted by Gasteiger charge is 2.21. The molecule has 0 radical (unpaired) electrons. The zero-order valence-electron chi connectivity index (χ0n) is 16.1. The van der Waals surface area contributed by atoms with Gasteiger partial charge in [0.2, 0.25) is 0 Å². The quantitative estimate of drug-likeness (QED) is 0.439. The molecule has 0 spiro atoms. The van der Waals surface area contributed by atoms with Gasteiger partial charge in [-0.3, -0.25) is 14.9 Å². The second-order valence-electron chi connectivity index (χ2n) is 6.46. The Morgan fingerprint density at radius 3 is 2.25 bits per heavy atom. The first-order chi connectivity index (χ1) is 13.2. The number of anilines is 1. The van der Waals surface area contributed by atoms with Gasteiger partial charge in [0.15, 0.2) is 6.10 Å². The van der Waals surface area contributed by atoms with Gasteiger partial charge in [-0.25, -0.2) is 4.79 Å². The third-order valence-corrected chi connectivity index (χ3v) is 4.12. The second-order valence-corrected chi connectivity index (χ2v) is 6.46. The fourth-order valence-electron chi connectivity index (χ4n) is 2.42. The van der Waals surface area contributed by atoms with Gasteiger partial charge < -0.3 is 14.8 Å². The van der Waals surface area contributed by atoms with Crippen molar-refractivity contribution < 1.29 is 24.0 Å². The normalized spacial score (nSPS) is 11.6. The van der Waals surface area contributed by atoms with E-state index in [4.69, 9.17) is 9.47 Å². The molecule has 2 rings (SSSR count). The maximum atomic E-state index is 12.3. The van der Waals surface area contributed by atoms with Crippen LogP contribution in [0.5, 0.6) is 5.75 Å². The first kappa shape index (κ1) is 20.9. The third-order valence-electron chi connectivity index (χ3n) is 4.12. The Morgan fingerprint density at radius 2 is 1.71 bits per heavy atom. The van der Waals surface area contributed by atoms with E-state index in [1.807, 2.05) is 26.0 Å². The van der Waals surface area contributed by atoms with Crippen LogP contribution in [-0.4, -0.2) is 30.0 Å². The fourth-order valence-corrected chi connectivity index (χ4v) is 2.42. The van der Waals surface area contributed by atoms with Crippen LogP contribution in [0.1, 0.15) is 42.6 Å².